The molecule has 146 valence electrons. The van der Waals surface area contributed by atoms with Crippen LogP contribution in [-0.4, -0.2) is 27.2 Å². The maximum Gasteiger partial charge on any atom is 0.144 e. The molecule has 1 unspecified atom stereocenters. The van der Waals surface area contributed by atoms with Gasteiger partial charge in [-0.1, -0.05) is 12.1 Å². The molecule has 1 aliphatic carbocycles. The molecule has 3 heterocycles. The summed E-state index contributed by atoms with van der Waals surface area (Å²) in [5, 5.41) is 0. The zero-order valence-electron chi connectivity index (χ0n) is 15.9. The molecule has 2 N–H and O–H groups in total. The predicted octanol–water partition coefficient (Wildman–Crippen LogP) is 4.53. The minimum Gasteiger partial charge on any atom is -0.372 e. The molecule has 0 bridgehead atoms. The van der Waals surface area contributed by atoms with Crippen LogP contribution in [0.25, 0.3) is 22.4 Å². The third kappa shape index (κ3) is 3.10. The van der Waals surface area contributed by atoms with Crippen molar-refractivity contribution in [1.29, 1.82) is 0 Å². The second-order valence-corrected chi connectivity index (χ2v) is 7.97. The van der Waals surface area contributed by atoms with Gasteiger partial charge in [0.2, 0.25) is 0 Å². The van der Waals surface area contributed by atoms with Gasteiger partial charge in [-0.3, -0.25) is 4.98 Å². The normalized spacial score (nSPS) is 25.4. The molecule has 3 atom stereocenters. The molecule has 28 heavy (non-hydrogen) atoms. The summed E-state index contributed by atoms with van der Waals surface area (Å²) in [5.74, 6) is 0.407. The van der Waals surface area contributed by atoms with Gasteiger partial charge < -0.3 is 15.0 Å². The number of rotatable bonds is 3. The number of pyridine rings is 1. The Labute approximate surface area is 163 Å². The van der Waals surface area contributed by atoms with E-state index in [0.29, 0.717) is 11.4 Å². The van der Waals surface area contributed by atoms with Gasteiger partial charge in [-0.2, -0.15) is 0 Å². The number of aromatic nitrogens is 3. The lowest BCUT2D eigenvalue weighted by Gasteiger charge is -2.29. The molecule has 2 aromatic heterocycles. The Kier molecular flexibility index (Phi) is 4.61. The summed E-state index contributed by atoms with van der Waals surface area (Å²) in [4.78, 5) is 9.39. The Bertz CT molecular complexity index is 995. The van der Waals surface area contributed by atoms with Crippen LogP contribution in [-0.2, 0) is 4.74 Å². The molecule has 3 aromatic rings. The molecular formula is C22H25FN4O. The molecule has 2 aliphatic rings. The minimum absolute atomic E-state index is 0.0401. The molecule has 0 radical (unpaired) electrons. The van der Waals surface area contributed by atoms with Crippen molar-refractivity contribution >= 4 is 11.0 Å². The zero-order chi connectivity index (χ0) is 19.1. The lowest BCUT2D eigenvalue weighted by molar-refractivity contribution is 0.109. The number of halogens is 1. The molecule has 1 saturated carbocycles. The van der Waals surface area contributed by atoms with E-state index in [9.17, 15) is 4.39 Å². The molecule has 6 heteroatoms. The highest BCUT2D eigenvalue weighted by atomic mass is 19.1. The highest BCUT2D eigenvalue weighted by Gasteiger charge is 2.28. The molecule has 1 saturated heterocycles. The summed E-state index contributed by atoms with van der Waals surface area (Å²) in [6, 6.07) is 9.31. The van der Waals surface area contributed by atoms with Crippen LogP contribution in [0.4, 0.5) is 4.39 Å². The van der Waals surface area contributed by atoms with E-state index in [1.54, 1.807) is 18.3 Å². The quantitative estimate of drug-likeness (QED) is 0.725. The SMILES string of the molecule is N[C@H]1CCC[C@@H](n2c(-c3ccccc3F)nc3cnc(C4CCCO4)cc32)C1. The second-order valence-electron chi connectivity index (χ2n) is 7.97. The molecule has 1 aliphatic heterocycles. The van der Waals surface area contributed by atoms with E-state index >= 15 is 0 Å². The minimum atomic E-state index is -0.258. The molecule has 0 spiro atoms. The molecule has 0 amide bonds. The van der Waals surface area contributed by atoms with Crippen LogP contribution in [0.5, 0.6) is 0 Å². The van der Waals surface area contributed by atoms with Crippen molar-refractivity contribution in [2.75, 3.05) is 6.61 Å². The first-order valence-corrected chi connectivity index (χ1v) is 10.2. The van der Waals surface area contributed by atoms with Crippen LogP contribution in [0.1, 0.15) is 56.4 Å². The maximum atomic E-state index is 14.6. The molecule has 5 rings (SSSR count). The summed E-state index contributed by atoms with van der Waals surface area (Å²) < 4.78 is 22.7. The largest absolute Gasteiger partial charge is 0.372 e. The fourth-order valence-electron chi connectivity index (χ4n) is 4.64. The Balaban J connectivity index is 1.69. The van der Waals surface area contributed by atoms with E-state index in [0.717, 1.165) is 61.9 Å². The van der Waals surface area contributed by atoms with Gasteiger partial charge in [0.05, 0.1) is 29.1 Å². The summed E-state index contributed by atoms with van der Waals surface area (Å²) in [5.41, 5.74) is 9.53. The monoisotopic (exact) mass is 380 g/mol. The van der Waals surface area contributed by atoms with Crippen LogP contribution in [0.15, 0.2) is 36.5 Å². The third-order valence-corrected chi connectivity index (χ3v) is 6.02. The van der Waals surface area contributed by atoms with E-state index in [-0.39, 0.29) is 24.0 Å². The average molecular weight is 380 g/mol. The number of nitrogens with two attached hydrogens (primary N) is 1. The van der Waals surface area contributed by atoms with Crippen LogP contribution in [0.3, 0.4) is 0 Å². The van der Waals surface area contributed by atoms with Crippen molar-refractivity contribution in [2.24, 2.45) is 5.73 Å². The van der Waals surface area contributed by atoms with Gasteiger partial charge in [-0.15, -0.1) is 0 Å². The van der Waals surface area contributed by atoms with Crippen molar-refractivity contribution in [3.05, 3.63) is 48.0 Å². The Morgan fingerprint density at radius 2 is 2.04 bits per heavy atom. The first kappa shape index (κ1) is 17.8. The number of hydrogen-bond donors (Lipinski definition) is 1. The van der Waals surface area contributed by atoms with Gasteiger partial charge in [0, 0.05) is 18.7 Å². The first-order chi connectivity index (χ1) is 13.7. The molecule has 2 fully saturated rings. The van der Waals surface area contributed by atoms with Gasteiger partial charge in [-0.25, -0.2) is 9.37 Å². The van der Waals surface area contributed by atoms with Crippen LogP contribution in [0, 0.1) is 5.82 Å². The number of hydrogen-bond acceptors (Lipinski definition) is 4. The van der Waals surface area contributed by atoms with Crippen LogP contribution in [0.2, 0.25) is 0 Å². The Morgan fingerprint density at radius 3 is 2.82 bits per heavy atom. The van der Waals surface area contributed by atoms with Crippen molar-refractivity contribution in [3.63, 3.8) is 0 Å². The van der Waals surface area contributed by atoms with E-state index in [4.69, 9.17) is 15.5 Å². The number of fused-ring (bicyclic) bond motifs is 1. The first-order valence-electron chi connectivity index (χ1n) is 10.2. The lowest BCUT2D eigenvalue weighted by atomic mass is 9.91. The lowest BCUT2D eigenvalue weighted by Crippen LogP contribution is -2.29. The van der Waals surface area contributed by atoms with Crippen LogP contribution < -0.4 is 5.73 Å². The highest BCUT2D eigenvalue weighted by Crippen LogP contribution is 2.37. The van der Waals surface area contributed by atoms with Crippen molar-refractivity contribution < 1.29 is 9.13 Å². The van der Waals surface area contributed by atoms with Gasteiger partial charge in [0.1, 0.15) is 17.2 Å². The second kappa shape index (κ2) is 7.26. The van der Waals surface area contributed by atoms with Crippen LogP contribution >= 0.6 is 0 Å². The van der Waals surface area contributed by atoms with Gasteiger partial charge in [0.25, 0.3) is 0 Å². The molecule has 1 aromatic carbocycles. The van der Waals surface area contributed by atoms with Gasteiger partial charge >= 0.3 is 0 Å². The fraction of sp³-hybridized carbons (Fsp3) is 0.455. The number of imidazole rings is 1. The fourth-order valence-corrected chi connectivity index (χ4v) is 4.64. The summed E-state index contributed by atoms with van der Waals surface area (Å²) in [6.45, 7) is 0.779. The van der Waals surface area contributed by atoms with E-state index in [1.807, 2.05) is 6.07 Å². The smallest absolute Gasteiger partial charge is 0.144 e. The number of ether oxygens (including phenoxy) is 1. The summed E-state index contributed by atoms with van der Waals surface area (Å²) >= 11 is 0. The average Bonchev–Trinajstić information content (AvgIpc) is 3.36. The van der Waals surface area contributed by atoms with E-state index in [2.05, 4.69) is 15.6 Å². The van der Waals surface area contributed by atoms with E-state index < -0.39 is 0 Å². The van der Waals surface area contributed by atoms with Gasteiger partial charge in [-0.05, 0) is 56.7 Å². The van der Waals surface area contributed by atoms with Gasteiger partial charge in [0.15, 0.2) is 0 Å². The third-order valence-electron chi connectivity index (χ3n) is 6.02. The topological polar surface area (TPSA) is 66.0 Å². The maximum absolute atomic E-state index is 14.6. The number of nitrogens with zero attached hydrogens (tertiary/aromatic N) is 3. The highest BCUT2D eigenvalue weighted by molar-refractivity contribution is 5.80. The van der Waals surface area contributed by atoms with Crippen molar-refractivity contribution in [1.82, 2.24) is 14.5 Å². The predicted molar refractivity (Wildman–Crippen MR) is 106 cm³/mol. The van der Waals surface area contributed by atoms with Crippen molar-refractivity contribution in [3.8, 4) is 11.4 Å². The van der Waals surface area contributed by atoms with Crippen molar-refractivity contribution in [2.45, 2.75) is 56.7 Å². The Hall–Kier alpha value is -2.31. The molecular weight excluding hydrogens is 355 g/mol. The van der Waals surface area contributed by atoms with E-state index in [1.165, 1.54) is 6.07 Å². The zero-order valence-corrected chi connectivity index (χ0v) is 15.9. The standard InChI is InChI=1S/C22H25FN4O/c23-17-8-2-1-7-16(17)22-26-19-13-25-18(21-9-4-10-28-21)12-20(19)27(22)15-6-3-5-14(24)11-15/h1-2,7-8,12-15,21H,3-6,9-11,24H2/t14-,15+,21?/m0/s1. The Morgan fingerprint density at radius 1 is 1.14 bits per heavy atom. The number of benzene rings is 1. The summed E-state index contributed by atoms with van der Waals surface area (Å²) in [7, 11) is 0. The molecule has 5 nitrogen and oxygen atoms in total. The summed E-state index contributed by atoms with van der Waals surface area (Å²) in [6.07, 6.45) is 7.91.